The molecule has 65 heavy (non-hydrogen) atoms. The van der Waals surface area contributed by atoms with Gasteiger partial charge in [0, 0.05) is 46.8 Å². The van der Waals surface area contributed by atoms with Crippen LogP contribution >= 0.6 is 0 Å². The summed E-state index contributed by atoms with van der Waals surface area (Å²) in [5.41, 5.74) is 2.68. The van der Waals surface area contributed by atoms with Crippen LogP contribution in [0.5, 0.6) is 0 Å². The predicted octanol–water partition coefficient (Wildman–Crippen LogP) is 6.75. The average Bonchev–Trinajstić information content (AvgIpc) is 3.70. The maximum Gasteiger partial charge on any atom is 0.310 e. The van der Waals surface area contributed by atoms with E-state index in [4.69, 9.17) is 24.7 Å². The number of allylic oxidation sites excluding steroid dienone is 4. The highest BCUT2D eigenvalue weighted by Gasteiger charge is 2.80. The molecule has 344 valence electrons. The van der Waals surface area contributed by atoms with Crippen LogP contribution in [-0.4, -0.2) is 81.9 Å². The number of nitrogens with two attached hydrogens (primary N) is 1. The van der Waals surface area contributed by atoms with Crippen molar-refractivity contribution in [2.75, 3.05) is 18.5 Å². The molecule has 6 aliphatic rings. The molecule has 0 spiro atoms. The second-order valence-corrected chi connectivity index (χ2v) is 19.9. The van der Waals surface area contributed by atoms with E-state index in [1.165, 1.54) is 12.2 Å². The number of anilines is 1. The van der Waals surface area contributed by atoms with Crippen LogP contribution in [-0.2, 0) is 49.5 Å². The van der Waals surface area contributed by atoms with Gasteiger partial charge in [-0.25, -0.2) is 4.39 Å². The number of carbonyl (C=O) groups excluding carboxylic acids is 5. The number of ether oxygens (including phenoxy) is 4. The summed E-state index contributed by atoms with van der Waals surface area (Å²) in [6, 6.07) is 14.6. The van der Waals surface area contributed by atoms with Gasteiger partial charge in [-0.05, 0) is 112 Å². The third-order valence-electron chi connectivity index (χ3n) is 16.0. The summed E-state index contributed by atoms with van der Waals surface area (Å²) >= 11 is 0. The van der Waals surface area contributed by atoms with E-state index in [2.05, 4.69) is 10.3 Å². The summed E-state index contributed by atoms with van der Waals surface area (Å²) in [6.07, 6.45) is 8.82. The number of hydrogen-bond donors (Lipinski definition) is 3. The van der Waals surface area contributed by atoms with E-state index in [1.54, 1.807) is 63.5 Å². The second kappa shape index (κ2) is 16.6. The number of aliphatic hydroxyl groups is 1. The summed E-state index contributed by atoms with van der Waals surface area (Å²) in [5, 5.41) is 16.8. The number of aromatic nitrogens is 1. The molecular formula is C51H58FN3O10. The molecule has 0 unspecified atom stereocenters. The fourth-order valence-electron chi connectivity index (χ4n) is 12.7. The van der Waals surface area contributed by atoms with Crippen molar-refractivity contribution in [3.8, 4) is 0 Å². The first-order valence-electron chi connectivity index (χ1n) is 22.9. The Morgan fingerprint density at radius 2 is 1.68 bits per heavy atom. The highest BCUT2D eigenvalue weighted by molar-refractivity contribution is 6.01. The van der Waals surface area contributed by atoms with Crippen molar-refractivity contribution in [2.45, 2.75) is 121 Å². The van der Waals surface area contributed by atoms with E-state index in [9.17, 15) is 29.1 Å². The number of rotatable bonds is 11. The fraction of sp³-hybridized carbons (Fsp3) is 0.529. The highest BCUT2D eigenvalue weighted by atomic mass is 19.1. The van der Waals surface area contributed by atoms with E-state index in [-0.39, 0.29) is 31.3 Å². The molecule has 2 aromatic carbocycles. The molecule has 1 aliphatic heterocycles. The molecule has 4 N–H and O–H groups in total. The lowest BCUT2D eigenvalue weighted by atomic mass is 9.44. The summed E-state index contributed by atoms with van der Waals surface area (Å²) < 4.78 is 42.5. The standard InChI is InChI=1S/C51H58FN3O10/c1-47(2)64-43-23-40-39-16-14-33-22-35(56)17-19-48(33,3)50(39,52)41(57)24-49(40,4)51(43,65-47)42(58)28-63-46(61)37-8-6-5-7-36(37)45(60)62-27-29-9-11-30(12-10-29)38(25-53)44(59)55-34-15-13-32-26-54-20-18-31(32)21-34/h9-13,15,17-22,26,36-41,43,57H,5-8,14,16,23-25,27-28,53H2,1-4H3,(H,55,59)/t36-,37-,38-,39+,40+,41+,43-,48+,49+,50+,51-/m1/s1. The Bertz CT molecular complexity index is 2490. The molecule has 5 fully saturated rings. The molecule has 0 radical (unpaired) electrons. The van der Waals surface area contributed by atoms with E-state index in [0.717, 1.165) is 10.8 Å². The zero-order valence-electron chi connectivity index (χ0n) is 37.3. The van der Waals surface area contributed by atoms with Crippen LogP contribution < -0.4 is 11.1 Å². The molecule has 0 bridgehead atoms. The largest absolute Gasteiger partial charge is 0.461 e. The lowest BCUT2D eigenvalue weighted by Gasteiger charge is -2.62. The number of hydrogen-bond acceptors (Lipinski definition) is 12. The Morgan fingerprint density at radius 3 is 2.40 bits per heavy atom. The number of halogens is 1. The minimum Gasteiger partial charge on any atom is -0.461 e. The minimum absolute atomic E-state index is 0.0593. The number of fused-ring (bicyclic) bond motifs is 8. The van der Waals surface area contributed by atoms with Crippen molar-refractivity contribution in [3.05, 3.63) is 95.9 Å². The summed E-state index contributed by atoms with van der Waals surface area (Å²) in [7, 11) is 0. The van der Waals surface area contributed by atoms with Gasteiger partial charge >= 0.3 is 11.9 Å². The van der Waals surface area contributed by atoms with Gasteiger partial charge in [-0.3, -0.25) is 29.0 Å². The van der Waals surface area contributed by atoms with E-state index in [0.29, 0.717) is 67.3 Å². The van der Waals surface area contributed by atoms with Gasteiger partial charge in [-0.2, -0.15) is 0 Å². The molecule has 14 heteroatoms. The number of pyridine rings is 1. The average molecular weight is 892 g/mol. The maximum atomic E-state index is 17.9. The number of nitrogens with zero attached hydrogens (tertiary/aromatic N) is 1. The number of ketones is 2. The first kappa shape index (κ1) is 45.0. The van der Waals surface area contributed by atoms with Crippen LogP contribution in [0.1, 0.15) is 96.1 Å². The predicted molar refractivity (Wildman–Crippen MR) is 236 cm³/mol. The summed E-state index contributed by atoms with van der Waals surface area (Å²) in [4.78, 5) is 72.0. The number of amides is 1. The Kier molecular flexibility index (Phi) is 11.5. The highest BCUT2D eigenvalue weighted by Crippen LogP contribution is 2.72. The lowest BCUT2D eigenvalue weighted by Crippen LogP contribution is -2.70. The molecule has 2 heterocycles. The Balaban J connectivity index is 0.843. The van der Waals surface area contributed by atoms with Gasteiger partial charge in [0.25, 0.3) is 0 Å². The van der Waals surface area contributed by atoms with Gasteiger partial charge in [-0.1, -0.05) is 61.7 Å². The molecule has 3 aromatic rings. The third kappa shape index (κ3) is 7.35. The zero-order chi connectivity index (χ0) is 46.1. The fourth-order valence-corrected chi connectivity index (χ4v) is 12.7. The molecule has 4 saturated carbocycles. The quantitative estimate of drug-likeness (QED) is 0.172. The van der Waals surface area contributed by atoms with Crippen molar-refractivity contribution in [1.82, 2.24) is 4.98 Å². The van der Waals surface area contributed by atoms with E-state index in [1.807, 2.05) is 31.2 Å². The van der Waals surface area contributed by atoms with Gasteiger partial charge in [0.2, 0.25) is 11.7 Å². The number of nitrogens with one attached hydrogen (secondary N) is 1. The van der Waals surface area contributed by atoms with Gasteiger partial charge in [0.1, 0.15) is 6.61 Å². The first-order valence-corrected chi connectivity index (χ1v) is 22.9. The van der Waals surface area contributed by atoms with Crippen LogP contribution in [0.25, 0.3) is 10.8 Å². The normalized spacial score (nSPS) is 34.9. The minimum atomic E-state index is -2.11. The third-order valence-corrected chi connectivity index (χ3v) is 16.0. The van der Waals surface area contributed by atoms with Gasteiger partial charge in [0.15, 0.2) is 29.4 Å². The summed E-state index contributed by atoms with van der Waals surface area (Å²) in [6.45, 7) is 6.39. The molecule has 1 aromatic heterocycles. The second-order valence-electron chi connectivity index (χ2n) is 19.9. The molecule has 9 rings (SSSR count). The van der Waals surface area contributed by atoms with Crippen LogP contribution in [0.15, 0.2) is 84.7 Å². The van der Waals surface area contributed by atoms with E-state index >= 15 is 4.39 Å². The number of esters is 2. The van der Waals surface area contributed by atoms with Crippen molar-refractivity contribution in [1.29, 1.82) is 0 Å². The SMILES string of the molecule is CC1(C)O[C@@H]2C[C@H]3[C@@H]4CCC5=CC(=O)C=C[C@]5(C)[C@@]4(F)[C@@H](O)C[C@]3(C)[C@]2(C(=O)COC(=O)[C@@H]2CCCC[C@H]2C(=O)OCc2ccc([C@@H](CN)C(=O)Nc3ccc4cnccc4c3)cc2)O1. The van der Waals surface area contributed by atoms with Crippen molar-refractivity contribution in [3.63, 3.8) is 0 Å². The Labute approximate surface area is 377 Å². The van der Waals surface area contributed by atoms with Crippen LogP contribution in [0.3, 0.4) is 0 Å². The van der Waals surface area contributed by atoms with Gasteiger partial charge < -0.3 is 35.1 Å². The molecule has 1 amide bonds. The number of benzene rings is 2. The van der Waals surface area contributed by atoms with Crippen molar-refractivity contribution >= 4 is 45.9 Å². The molecule has 1 saturated heterocycles. The molecule has 13 nitrogen and oxygen atoms in total. The van der Waals surface area contributed by atoms with Gasteiger partial charge in [-0.15, -0.1) is 0 Å². The number of aliphatic hydroxyl groups excluding tert-OH is 1. The zero-order valence-corrected chi connectivity index (χ0v) is 37.3. The van der Waals surface area contributed by atoms with Crippen molar-refractivity contribution < 1.29 is 52.4 Å². The Hall–Kier alpha value is -5.15. The van der Waals surface area contributed by atoms with Crippen LogP contribution in [0, 0.1) is 34.5 Å². The van der Waals surface area contributed by atoms with Crippen molar-refractivity contribution in [2.24, 2.45) is 40.2 Å². The monoisotopic (exact) mass is 891 g/mol. The number of Topliss-reactive ketones (excluding diaryl/α,β-unsaturated/α-hetero) is 1. The van der Waals surface area contributed by atoms with Crippen LogP contribution in [0.4, 0.5) is 10.1 Å². The maximum absolute atomic E-state index is 17.9. The van der Waals surface area contributed by atoms with Crippen LogP contribution in [0.2, 0.25) is 0 Å². The topological polar surface area (TPSA) is 193 Å². The molecular weight excluding hydrogens is 834 g/mol. The number of alkyl halides is 1. The van der Waals surface area contributed by atoms with E-state index < -0.39 is 94.0 Å². The summed E-state index contributed by atoms with van der Waals surface area (Å²) in [5.74, 6) is -6.77. The smallest absolute Gasteiger partial charge is 0.310 e. The first-order chi connectivity index (χ1) is 30.9. The molecule has 5 aliphatic carbocycles. The van der Waals surface area contributed by atoms with Gasteiger partial charge in [0.05, 0.1) is 30.0 Å². The molecule has 11 atom stereocenters. The lowest BCUT2D eigenvalue weighted by molar-refractivity contribution is -0.246. The number of carbonyl (C=O) groups is 5. The Morgan fingerprint density at radius 1 is 0.954 bits per heavy atom.